The van der Waals surface area contributed by atoms with Gasteiger partial charge in [-0.3, -0.25) is 19.8 Å². The molecule has 0 spiro atoms. The van der Waals surface area contributed by atoms with Gasteiger partial charge in [-0.25, -0.2) is 0 Å². The van der Waals surface area contributed by atoms with Gasteiger partial charge in [0.2, 0.25) is 0 Å². The Hall–Kier alpha value is -2.49. The number of carbonyl (C=O) groups excluding carboxylic acids is 1. The number of benzene rings is 1. The maximum Gasteiger partial charge on any atom is 0.270 e. The number of thioether (sulfide) groups is 1. The van der Waals surface area contributed by atoms with Crippen LogP contribution in [0.5, 0.6) is 0 Å². The monoisotopic (exact) mass is 404 g/mol. The maximum absolute atomic E-state index is 12.5. The minimum atomic E-state index is -0.456. The first-order chi connectivity index (χ1) is 13.0. The average Bonchev–Trinajstić information content (AvgIpc) is 3.22. The molecule has 1 aromatic heterocycles. The lowest BCUT2D eigenvalue weighted by Crippen LogP contribution is -2.29. The number of nitro groups is 1. The molecular formula is C18H16N2O5S2. The van der Waals surface area contributed by atoms with Crippen molar-refractivity contribution in [1.82, 2.24) is 4.90 Å². The highest BCUT2D eigenvalue weighted by atomic mass is 32.2. The summed E-state index contributed by atoms with van der Waals surface area (Å²) in [7, 11) is 1.61. The molecule has 7 nitrogen and oxygen atoms in total. The summed E-state index contributed by atoms with van der Waals surface area (Å²) in [4.78, 5) is 25.0. The van der Waals surface area contributed by atoms with Crippen molar-refractivity contribution in [1.29, 1.82) is 0 Å². The predicted molar refractivity (Wildman–Crippen MR) is 107 cm³/mol. The standard InChI is InChI=1S/C18H16N2O5S2/c1-24-9-3-8-19-17(21)16(27-18(19)26)11-14-6-7-15(25-14)12-4-2-5-13(10-12)20(22)23/h2,4-7,10-11H,3,8-9H2,1H3/b16-11-. The molecule has 2 heterocycles. The zero-order valence-corrected chi connectivity index (χ0v) is 16.0. The number of hydrogen-bond acceptors (Lipinski definition) is 7. The van der Waals surface area contributed by atoms with E-state index >= 15 is 0 Å². The van der Waals surface area contributed by atoms with Crippen LogP contribution >= 0.6 is 24.0 Å². The number of non-ortho nitro benzene ring substituents is 1. The van der Waals surface area contributed by atoms with E-state index in [4.69, 9.17) is 21.4 Å². The fourth-order valence-electron chi connectivity index (χ4n) is 2.55. The molecule has 3 rings (SSSR count). The van der Waals surface area contributed by atoms with Crippen molar-refractivity contribution < 1.29 is 18.9 Å². The number of hydrogen-bond donors (Lipinski definition) is 0. The molecule has 1 fully saturated rings. The van der Waals surface area contributed by atoms with Crippen molar-refractivity contribution >= 4 is 46.0 Å². The van der Waals surface area contributed by atoms with Crippen LogP contribution in [-0.4, -0.2) is 40.3 Å². The second-order valence-corrected chi connectivity index (χ2v) is 7.36. The van der Waals surface area contributed by atoms with Crippen molar-refractivity contribution in [2.75, 3.05) is 20.3 Å². The summed E-state index contributed by atoms with van der Waals surface area (Å²) < 4.78 is 11.2. The Morgan fingerprint density at radius 3 is 2.93 bits per heavy atom. The third-order valence-corrected chi connectivity index (χ3v) is 5.22. The number of amides is 1. The van der Waals surface area contributed by atoms with Crippen molar-refractivity contribution in [2.24, 2.45) is 0 Å². The zero-order chi connectivity index (χ0) is 19.4. The van der Waals surface area contributed by atoms with Gasteiger partial charge in [-0.1, -0.05) is 36.1 Å². The summed E-state index contributed by atoms with van der Waals surface area (Å²) >= 11 is 6.50. The summed E-state index contributed by atoms with van der Waals surface area (Å²) in [5.74, 6) is 0.809. The first-order valence-corrected chi connectivity index (χ1v) is 9.31. The van der Waals surface area contributed by atoms with Crippen LogP contribution < -0.4 is 0 Å². The Morgan fingerprint density at radius 1 is 1.37 bits per heavy atom. The lowest BCUT2D eigenvalue weighted by atomic mass is 10.1. The quantitative estimate of drug-likeness (QED) is 0.226. The van der Waals surface area contributed by atoms with Crippen LogP contribution in [0.2, 0.25) is 0 Å². The fraction of sp³-hybridized carbons (Fsp3) is 0.222. The minimum Gasteiger partial charge on any atom is -0.457 e. The van der Waals surface area contributed by atoms with Crippen LogP contribution in [0, 0.1) is 10.1 Å². The molecule has 0 N–H and O–H groups in total. The predicted octanol–water partition coefficient (Wildman–Crippen LogP) is 4.09. The minimum absolute atomic E-state index is 0.0117. The summed E-state index contributed by atoms with van der Waals surface area (Å²) in [6, 6.07) is 9.61. The van der Waals surface area contributed by atoms with Gasteiger partial charge in [0.15, 0.2) is 0 Å². The van der Waals surface area contributed by atoms with E-state index < -0.39 is 4.92 Å². The van der Waals surface area contributed by atoms with E-state index in [1.54, 1.807) is 42.4 Å². The van der Waals surface area contributed by atoms with Crippen LogP contribution in [0.4, 0.5) is 5.69 Å². The van der Waals surface area contributed by atoms with Gasteiger partial charge in [-0.15, -0.1) is 0 Å². The molecule has 1 aromatic carbocycles. The number of ether oxygens (including phenoxy) is 1. The molecule has 1 amide bonds. The van der Waals surface area contributed by atoms with Crippen LogP contribution in [0.1, 0.15) is 12.2 Å². The lowest BCUT2D eigenvalue weighted by Gasteiger charge is -2.13. The van der Waals surface area contributed by atoms with Crippen molar-refractivity contribution in [3.05, 3.63) is 57.2 Å². The first-order valence-electron chi connectivity index (χ1n) is 8.08. The largest absolute Gasteiger partial charge is 0.457 e. The van der Waals surface area contributed by atoms with E-state index in [0.717, 1.165) is 0 Å². The van der Waals surface area contributed by atoms with Crippen LogP contribution in [0.3, 0.4) is 0 Å². The van der Waals surface area contributed by atoms with Gasteiger partial charge in [0, 0.05) is 44.0 Å². The van der Waals surface area contributed by atoms with Gasteiger partial charge in [0.05, 0.1) is 9.83 Å². The number of furan rings is 1. The van der Waals surface area contributed by atoms with E-state index in [9.17, 15) is 14.9 Å². The molecule has 0 radical (unpaired) electrons. The molecule has 0 bridgehead atoms. The molecule has 2 aromatic rings. The smallest absolute Gasteiger partial charge is 0.270 e. The van der Waals surface area contributed by atoms with E-state index in [1.165, 1.54) is 23.9 Å². The number of nitrogens with zero attached hydrogens (tertiary/aromatic N) is 2. The Bertz CT molecular complexity index is 922. The van der Waals surface area contributed by atoms with Crippen molar-refractivity contribution in [3.63, 3.8) is 0 Å². The number of thiocarbonyl (C=S) groups is 1. The Balaban J connectivity index is 1.77. The summed E-state index contributed by atoms with van der Waals surface area (Å²) in [5.41, 5.74) is 0.582. The first kappa shape index (κ1) is 19.3. The van der Waals surface area contributed by atoms with Crippen LogP contribution in [0.15, 0.2) is 45.7 Å². The van der Waals surface area contributed by atoms with Crippen LogP contribution in [-0.2, 0) is 9.53 Å². The van der Waals surface area contributed by atoms with Crippen LogP contribution in [0.25, 0.3) is 17.4 Å². The Labute approximate surface area is 165 Å². The highest BCUT2D eigenvalue weighted by molar-refractivity contribution is 8.26. The van der Waals surface area contributed by atoms with Gasteiger partial charge in [-0.2, -0.15) is 0 Å². The van der Waals surface area contributed by atoms with E-state index in [-0.39, 0.29) is 11.6 Å². The lowest BCUT2D eigenvalue weighted by molar-refractivity contribution is -0.384. The van der Waals surface area contributed by atoms with Gasteiger partial charge in [-0.05, 0) is 18.6 Å². The highest BCUT2D eigenvalue weighted by Gasteiger charge is 2.31. The van der Waals surface area contributed by atoms with E-state index in [0.29, 0.717) is 45.9 Å². The summed E-state index contributed by atoms with van der Waals surface area (Å²) in [5, 5.41) is 10.9. The van der Waals surface area contributed by atoms with Gasteiger partial charge in [0.1, 0.15) is 15.8 Å². The number of rotatable bonds is 7. The second kappa shape index (κ2) is 8.47. The Morgan fingerprint density at radius 2 is 2.19 bits per heavy atom. The third-order valence-electron chi connectivity index (χ3n) is 3.85. The molecule has 0 aliphatic carbocycles. The number of nitro benzene ring substituents is 1. The molecule has 140 valence electrons. The van der Waals surface area contributed by atoms with Gasteiger partial charge >= 0.3 is 0 Å². The maximum atomic E-state index is 12.5. The number of carbonyl (C=O) groups is 1. The van der Waals surface area contributed by atoms with Gasteiger partial charge < -0.3 is 9.15 Å². The SMILES string of the molecule is COCCCN1C(=O)/C(=C/c2ccc(-c3cccc([N+](=O)[O-])c3)o2)SC1=S. The molecule has 0 saturated carbocycles. The van der Waals surface area contributed by atoms with Crippen molar-refractivity contribution in [3.8, 4) is 11.3 Å². The molecule has 1 saturated heterocycles. The molecular weight excluding hydrogens is 388 g/mol. The molecule has 0 unspecified atom stereocenters. The number of methoxy groups -OCH3 is 1. The molecule has 0 atom stereocenters. The van der Waals surface area contributed by atoms with Gasteiger partial charge in [0.25, 0.3) is 11.6 Å². The highest BCUT2D eigenvalue weighted by Crippen LogP contribution is 2.34. The normalized spacial score (nSPS) is 15.7. The van der Waals surface area contributed by atoms with Crippen molar-refractivity contribution in [2.45, 2.75) is 6.42 Å². The molecule has 9 heteroatoms. The molecule has 1 aliphatic heterocycles. The third kappa shape index (κ3) is 4.44. The molecule has 1 aliphatic rings. The summed E-state index contributed by atoms with van der Waals surface area (Å²) in [6.07, 6.45) is 2.34. The summed E-state index contributed by atoms with van der Waals surface area (Å²) in [6.45, 7) is 1.06. The zero-order valence-electron chi connectivity index (χ0n) is 14.4. The topological polar surface area (TPSA) is 85.8 Å². The molecule has 27 heavy (non-hydrogen) atoms. The van der Waals surface area contributed by atoms with E-state index in [1.807, 2.05) is 0 Å². The fourth-order valence-corrected chi connectivity index (χ4v) is 3.84. The second-order valence-electron chi connectivity index (χ2n) is 5.69. The van der Waals surface area contributed by atoms with E-state index in [2.05, 4.69) is 0 Å². The average molecular weight is 404 g/mol. The Kier molecular flexibility index (Phi) is 6.04.